The largest absolute Gasteiger partial charge is 0.497 e. The Bertz CT molecular complexity index is 652. The first kappa shape index (κ1) is 21.1. The zero-order valence-electron chi connectivity index (χ0n) is 18.8. The van der Waals surface area contributed by atoms with Gasteiger partial charge in [-0.2, -0.15) is 0 Å². The number of benzene rings is 1. The first-order chi connectivity index (χ1) is 13.8. The molecule has 0 spiro atoms. The Morgan fingerprint density at radius 3 is 1.72 bits per heavy atom. The second-order valence-electron chi connectivity index (χ2n) is 10.1. The molecule has 162 valence electrons. The van der Waals surface area contributed by atoms with Crippen LogP contribution in [0.4, 0.5) is 0 Å². The molecule has 3 atom stereocenters. The smallest absolute Gasteiger partial charge is 0.118 e. The van der Waals surface area contributed by atoms with Gasteiger partial charge in [-0.05, 0) is 71.1 Å². The number of methoxy groups -OCH3 is 1. The van der Waals surface area contributed by atoms with Gasteiger partial charge in [-0.3, -0.25) is 9.80 Å². The minimum Gasteiger partial charge on any atom is -0.497 e. The quantitative estimate of drug-likeness (QED) is 0.753. The van der Waals surface area contributed by atoms with E-state index in [0.29, 0.717) is 18.2 Å². The third kappa shape index (κ3) is 4.63. The fourth-order valence-electron chi connectivity index (χ4n) is 5.56. The highest BCUT2D eigenvalue weighted by molar-refractivity contribution is 5.30. The molecule has 0 bridgehead atoms. The van der Waals surface area contributed by atoms with Crippen LogP contribution in [-0.4, -0.2) is 66.5 Å². The van der Waals surface area contributed by atoms with Gasteiger partial charge < -0.3 is 14.2 Å². The van der Waals surface area contributed by atoms with E-state index in [1.54, 1.807) is 7.11 Å². The van der Waals surface area contributed by atoms with Crippen molar-refractivity contribution in [2.24, 2.45) is 0 Å². The maximum atomic E-state index is 6.02. The molecule has 0 radical (unpaired) electrons. The summed E-state index contributed by atoms with van der Waals surface area (Å²) < 4.78 is 17.5. The van der Waals surface area contributed by atoms with Crippen molar-refractivity contribution in [3.05, 3.63) is 29.8 Å². The molecule has 3 aliphatic heterocycles. The Kier molecular flexibility index (Phi) is 5.95. The van der Waals surface area contributed by atoms with Crippen molar-refractivity contribution in [1.82, 2.24) is 9.80 Å². The molecule has 0 saturated carbocycles. The van der Waals surface area contributed by atoms with Crippen LogP contribution in [0.25, 0.3) is 0 Å². The van der Waals surface area contributed by atoms with Gasteiger partial charge in [0.15, 0.2) is 0 Å². The number of hydrogen-bond acceptors (Lipinski definition) is 5. The van der Waals surface area contributed by atoms with Gasteiger partial charge in [0.2, 0.25) is 0 Å². The first-order valence-corrected chi connectivity index (χ1v) is 11.2. The van der Waals surface area contributed by atoms with E-state index < -0.39 is 0 Å². The Balaban J connectivity index is 1.62. The van der Waals surface area contributed by atoms with E-state index in [2.05, 4.69) is 61.8 Å². The Labute approximate surface area is 176 Å². The molecule has 3 heterocycles. The summed E-state index contributed by atoms with van der Waals surface area (Å²) in [6.07, 6.45) is 4.73. The molecule has 0 aromatic heterocycles. The van der Waals surface area contributed by atoms with E-state index >= 15 is 0 Å². The maximum absolute atomic E-state index is 6.02. The van der Waals surface area contributed by atoms with Gasteiger partial charge in [-0.15, -0.1) is 0 Å². The number of nitrogens with zero attached hydrogens (tertiary/aromatic N) is 2. The molecule has 1 unspecified atom stereocenters. The molecule has 4 rings (SSSR count). The van der Waals surface area contributed by atoms with Crippen LogP contribution < -0.4 is 4.74 Å². The molecule has 3 fully saturated rings. The monoisotopic (exact) mass is 402 g/mol. The summed E-state index contributed by atoms with van der Waals surface area (Å²) in [5.74, 6) is 0.921. The average molecular weight is 403 g/mol. The molecule has 29 heavy (non-hydrogen) atoms. The highest BCUT2D eigenvalue weighted by Crippen LogP contribution is 2.41. The average Bonchev–Trinajstić information content (AvgIpc) is 3.11. The molecule has 3 saturated heterocycles. The van der Waals surface area contributed by atoms with Crippen LogP contribution in [0.3, 0.4) is 0 Å². The van der Waals surface area contributed by atoms with Crippen LogP contribution in [0.5, 0.6) is 5.75 Å². The van der Waals surface area contributed by atoms with Gasteiger partial charge in [0, 0.05) is 38.4 Å². The Morgan fingerprint density at radius 2 is 1.31 bits per heavy atom. The van der Waals surface area contributed by atoms with Gasteiger partial charge in [0.25, 0.3) is 0 Å². The lowest BCUT2D eigenvalue weighted by Crippen LogP contribution is -2.49. The third-order valence-corrected chi connectivity index (χ3v) is 6.94. The molecule has 5 nitrogen and oxygen atoms in total. The van der Waals surface area contributed by atoms with Crippen molar-refractivity contribution < 1.29 is 14.2 Å². The predicted molar refractivity (Wildman–Crippen MR) is 115 cm³/mol. The van der Waals surface area contributed by atoms with Crippen LogP contribution >= 0.6 is 0 Å². The minimum atomic E-state index is -0.0402. The summed E-state index contributed by atoms with van der Waals surface area (Å²) >= 11 is 0. The number of rotatable bonds is 4. The minimum absolute atomic E-state index is 0.0402. The van der Waals surface area contributed by atoms with Gasteiger partial charge >= 0.3 is 0 Å². The maximum Gasteiger partial charge on any atom is 0.118 e. The highest BCUT2D eigenvalue weighted by atomic mass is 16.5. The van der Waals surface area contributed by atoms with Crippen molar-refractivity contribution in [3.63, 3.8) is 0 Å². The Hall–Kier alpha value is -1.14. The van der Waals surface area contributed by atoms with Crippen LogP contribution in [-0.2, 0) is 9.47 Å². The van der Waals surface area contributed by atoms with Crippen LogP contribution in [0.1, 0.15) is 65.1 Å². The molecule has 1 aromatic carbocycles. The topological polar surface area (TPSA) is 34.2 Å². The van der Waals surface area contributed by atoms with Gasteiger partial charge in [-0.25, -0.2) is 0 Å². The third-order valence-electron chi connectivity index (χ3n) is 6.94. The van der Waals surface area contributed by atoms with Gasteiger partial charge in [-0.1, -0.05) is 12.1 Å². The molecule has 0 aliphatic carbocycles. The fourth-order valence-corrected chi connectivity index (χ4v) is 5.56. The number of hydrogen-bond donors (Lipinski definition) is 0. The lowest BCUT2D eigenvalue weighted by Gasteiger charge is -2.46. The van der Waals surface area contributed by atoms with Gasteiger partial charge in [0.1, 0.15) is 5.75 Å². The van der Waals surface area contributed by atoms with Gasteiger partial charge in [0.05, 0.1) is 24.5 Å². The first-order valence-electron chi connectivity index (χ1n) is 11.2. The van der Waals surface area contributed by atoms with E-state index in [9.17, 15) is 0 Å². The molecular weight excluding hydrogens is 364 g/mol. The summed E-state index contributed by atoms with van der Waals surface area (Å²) in [4.78, 5) is 5.49. The van der Waals surface area contributed by atoms with E-state index in [4.69, 9.17) is 14.2 Å². The second kappa shape index (κ2) is 8.18. The molecule has 0 amide bonds. The van der Waals surface area contributed by atoms with E-state index in [-0.39, 0.29) is 11.2 Å². The lowest BCUT2D eigenvalue weighted by atomic mass is 9.91. The van der Waals surface area contributed by atoms with Crippen molar-refractivity contribution in [1.29, 1.82) is 0 Å². The zero-order valence-corrected chi connectivity index (χ0v) is 18.8. The standard InChI is InChI=1S/C24H38N2O3/c1-23(2)16-19(10-14-28-23)25-12-13-26(20-11-15-29-24(3,4)17-20)22(25)18-6-8-21(27-5)9-7-18/h6-9,19-20,22H,10-17H2,1-5H3/t19-,20+,22?. The van der Waals surface area contributed by atoms with Crippen molar-refractivity contribution >= 4 is 0 Å². The normalized spacial score (nSPS) is 32.9. The highest BCUT2D eigenvalue weighted by Gasteiger charge is 2.45. The van der Waals surface area contributed by atoms with Crippen LogP contribution in [0.15, 0.2) is 24.3 Å². The summed E-state index contributed by atoms with van der Waals surface area (Å²) in [6, 6.07) is 9.83. The second-order valence-corrected chi connectivity index (χ2v) is 10.1. The summed E-state index contributed by atoms with van der Waals surface area (Å²) in [5.41, 5.74) is 1.29. The van der Waals surface area contributed by atoms with E-state index in [1.807, 2.05) is 0 Å². The summed E-state index contributed by atoms with van der Waals surface area (Å²) in [7, 11) is 1.73. The number of ether oxygens (including phenoxy) is 3. The molecule has 3 aliphatic rings. The molecule has 5 heteroatoms. The van der Waals surface area contributed by atoms with E-state index in [1.165, 1.54) is 5.56 Å². The summed E-state index contributed by atoms with van der Waals surface area (Å²) in [6.45, 7) is 12.9. The predicted octanol–water partition coefficient (Wildman–Crippen LogP) is 4.23. The van der Waals surface area contributed by atoms with Crippen LogP contribution in [0.2, 0.25) is 0 Å². The molecular formula is C24H38N2O3. The lowest BCUT2D eigenvalue weighted by molar-refractivity contribution is -0.105. The summed E-state index contributed by atoms with van der Waals surface area (Å²) in [5, 5.41) is 0. The SMILES string of the molecule is COc1ccc(C2N([C@@H]3CCOC(C)(C)C3)CCN2[C@H]2CCOC(C)(C)C2)cc1. The van der Waals surface area contributed by atoms with Crippen molar-refractivity contribution in [2.75, 3.05) is 33.4 Å². The Morgan fingerprint density at radius 1 is 0.828 bits per heavy atom. The molecule has 1 aromatic rings. The van der Waals surface area contributed by atoms with Crippen LogP contribution in [0, 0.1) is 0 Å². The van der Waals surface area contributed by atoms with E-state index in [0.717, 1.165) is 57.7 Å². The zero-order chi connectivity index (χ0) is 20.6. The fraction of sp³-hybridized carbons (Fsp3) is 0.750. The van der Waals surface area contributed by atoms with Crippen molar-refractivity contribution in [3.8, 4) is 5.75 Å². The van der Waals surface area contributed by atoms with Crippen molar-refractivity contribution in [2.45, 2.75) is 82.8 Å². The molecule has 0 N–H and O–H groups in total.